The first-order chi connectivity index (χ1) is 15.0. The highest BCUT2D eigenvalue weighted by Gasteiger charge is 2.37. The standard InChI is InChI=1S/C21H26N2O7S2/c1-14-11-17(23-20(24)8-10-31(23,25)26)12-15(2)21(14)32(27,28)22-9-7-16-5-6-18(29-3)19(13-16)30-4/h5-6,11-13,22H,7-10H2,1-4H3. The maximum atomic E-state index is 13.0. The number of aryl methyl sites for hydroxylation is 2. The second kappa shape index (κ2) is 9.08. The summed E-state index contributed by atoms with van der Waals surface area (Å²) in [7, 11) is -4.52. The summed E-state index contributed by atoms with van der Waals surface area (Å²) in [4.78, 5) is 12.1. The van der Waals surface area contributed by atoms with Gasteiger partial charge in [0.15, 0.2) is 11.5 Å². The summed E-state index contributed by atoms with van der Waals surface area (Å²) in [5.41, 5.74) is 1.74. The lowest BCUT2D eigenvalue weighted by Crippen LogP contribution is -2.30. The molecular weight excluding hydrogens is 456 g/mol. The van der Waals surface area contributed by atoms with E-state index in [2.05, 4.69) is 4.72 Å². The molecule has 0 radical (unpaired) electrons. The molecule has 32 heavy (non-hydrogen) atoms. The smallest absolute Gasteiger partial charge is 0.242 e. The number of benzene rings is 2. The average Bonchev–Trinajstić information content (AvgIpc) is 2.99. The second-order valence-corrected chi connectivity index (χ2v) is 11.1. The molecule has 1 heterocycles. The van der Waals surface area contributed by atoms with Crippen LogP contribution in [0.1, 0.15) is 23.1 Å². The van der Waals surface area contributed by atoms with Crippen LogP contribution in [0.15, 0.2) is 35.2 Å². The van der Waals surface area contributed by atoms with Crippen molar-refractivity contribution in [1.29, 1.82) is 0 Å². The van der Waals surface area contributed by atoms with Crippen molar-refractivity contribution in [3.8, 4) is 11.5 Å². The molecule has 174 valence electrons. The van der Waals surface area contributed by atoms with Gasteiger partial charge in [0.25, 0.3) is 0 Å². The highest BCUT2D eigenvalue weighted by molar-refractivity contribution is 7.94. The van der Waals surface area contributed by atoms with Gasteiger partial charge in [0.1, 0.15) is 0 Å². The van der Waals surface area contributed by atoms with E-state index in [1.54, 1.807) is 26.0 Å². The van der Waals surface area contributed by atoms with Crippen molar-refractivity contribution in [2.75, 3.05) is 30.8 Å². The van der Waals surface area contributed by atoms with Crippen LogP contribution in [0.3, 0.4) is 0 Å². The van der Waals surface area contributed by atoms with E-state index in [0.717, 1.165) is 9.87 Å². The Kier molecular flexibility index (Phi) is 6.82. The van der Waals surface area contributed by atoms with Gasteiger partial charge in [-0.1, -0.05) is 6.07 Å². The molecule has 0 bridgehead atoms. The lowest BCUT2D eigenvalue weighted by molar-refractivity contribution is -0.116. The molecule has 1 saturated heterocycles. The van der Waals surface area contributed by atoms with Crippen molar-refractivity contribution in [3.63, 3.8) is 0 Å². The van der Waals surface area contributed by atoms with E-state index in [0.29, 0.717) is 29.0 Å². The van der Waals surface area contributed by atoms with Crippen LogP contribution in [0.4, 0.5) is 5.69 Å². The fraction of sp³-hybridized carbons (Fsp3) is 0.381. The van der Waals surface area contributed by atoms with E-state index >= 15 is 0 Å². The molecule has 0 aliphatic carbocycles. The maximum Gasteiger partial charge on any atom is 0.242 e. The number of hydrogen-bond donors (Lipinski definition) is 1. The van der Waals surface area contributed by atoms with Gasteiger partial charge in [-0.3, -0.25) is 4.79 Å². The maximum absolute atomic E-state index is 13.0. The van der Waals surface area contributed by atoms with Gasteiger partial charge in [-0.05, 0) is 61.2 Å². The van der Waals surface area contributed by atoms with Crippen molar-refractivity contribution in [1.82, 2.24) is 4.72 Å². The van der Waals surface area contributed by atoms with Crippen LogP contribution in [0, 0.1) is 13.8 Å². The number of ether oxygens (including phenoxy) is 2. The third kappa shape index (κ3) is 4.74. The molecule has 1 N–H and O–H groups in total. The van der Waals surface area contributed by atoms with Crippen molar-refractivity contribution in [2.45, 2.75) is 31.6 Å². The van der Waals surface area contributed by atoms with Crippen molar-refractivity contribution in [3.05, 3.63) is 47.0 Å². The molecule has 0 aromatic heterocycles. The zero-order valence-electron chi connectivity index (χ0n) is 18.3. The Balaban J connectivity index is 1.79. The molecular formula is C21H26N2O7S2. The van der Waals surface area contributed by atoms with Gasteiger partial charge in [0.05, 0.1) is 30.6 Å². The Bertz CT molecular complexity index is 1230. The number of rotatable bonds is 8. The lowest BCUT2D eigenvalue weighted by atomic mass is 10.1. The number of nitrogens with one attached hydrogen (secondary N) is 1. The van der Waals surface area contributed by atoms with Gasteiger partial charge in [0.2, 0.25) is 26.0 Å². The highest BCUT2D eigenvalue weighted by Crippen LogP contribution is 2.31. The molecule has 0 spiro atoms. The number of methoxy groups -OCH3 is 2. The van der Waals surface area contributed by atoms with Gasteiger partial charge in [0, 0.05) is 13.0 Å². The molecule has 0 saturated carbocycles. The number of anilines is 1. The predicted octanol–water partition coefficient (Wildman–Crippen LogP) is 1.91. The number of carbonyl (C=O) groups excluding carboxylic acids is 1. The molecule has 2 aromatic rings. The Morgan fingerprint density at radius 1 is 1.03 bits per heavy atom. The first-order valence-corrected chi connectivity index (χ1v) is 13.0. The minimum absolute atomic E-state index is 0.0672. The fourth-order valence-corrected chi connectivity index (χ4v) is 6.70. The van der Waals surface area contributed by atoms with E-state index < -0.39 is 26.0 Å². The number of carbonyl (C=O) groups is 1. The number of nitrogens with zero attached hydrogens (tertiary/aromatic N) is 1. The molecule has 1 amide bonds. The van der Waals surface area contributed by atoms with Crippen molar-refractivity contribution < 1.29 is 31.1 Å². The third-order valence-electron chi connectivity index (χ3n) is 5.18. The van der Waals surface area contributed by atoms with Gasteiger partial charge in [-0.25, -0.2) is 25.9 Å². The Labute approximate surface area is 188 Å². The zero-order valence-corrected chi connectivity index (χ0v) is 20.0. The van der Waals surface area contributed by atoms with Gasteiger partial charge in [-0.15, -0.1) is 0 Å². The quantitative estimate of drug-likeness (QED) is 0.610. The van der Waals surface area contributed by atoms with Crippen LogP contribution in [-0.2, 0) is 31.3 Å². The highest BCUT2D eigenvalue weighted by atomic mass is 32.2. The van der Waals surface area contributed by atoms with Gasteiger partial charge < -0.3 is 9.47 Å². The number of amides is 1. The molecule has 1 aliphatic heterocycles. The minimum Gasteiger partial charge on any atom is -0.493 e. The fourth-order valence-electron chi connectivity index (χ4n) is 3.78. The van der Waals surface area contributed by atoms with Gasteiger partial charge in [-0.2, -0.15) is 0 Å². The van der Waals surface area contributed by atoms with Crippen LogP contribution < -0.4 is 18.5 Å². The van der Waals surface area contributed by atoms with Crippen LogP contribution >= 0.6 is 0 Å². The van der Waals surface area contributed by atoms with Crippen molar-refractivity contribution in [2.24, 2.45) is 0 Å². The van der Waals surface area contributed by atoms with Crippen molar-refractivity contribution >= 4 is 31.6 Å². The van der Waals surface area contributed by atoms with E-state index in [1.165, 1.54) is 26.4 Å². The SMILES string of the molecule is COc1ccc(CCNS(=O)(=O)c2c(C)cc(N3C(=O)CCS3(=O)=O)cc2C)cc1OC. The normalized spacial score (nSPS) is 15.8. The average molecular weight is 483 g/mol. The summed E-state index contributed by atoms with van der Waals surface area (Å²) in [6.45, 7) is 3.30. The molecule has 1 fully saturated rings. The summed E-state index contributed by atoms with van der Waals surface area (Å²) < 4.78 is 64.1. The van der Waals surface area contributed by atoms with E-state index in [9.17, 15) is 21.6 Å². The van der Waals surface area contributed by atoms with E-state index in [-0.39, 0.29) is 29.3 Å². The van der Waals surface area contributed by atoms with E-state index in [4.69, 9.17) is 9.47 Å². The number of hydrogen-bond acceptors (Lipinski definition) is 7. The second-order valence-electron chi connectivity index (χ2n) is 7.47. The molecule has 11 heteroatoms. The molecule has 2 aromatic carbocycles. The van der Waals surface area contributed by atoms with Gasteiger partial charge >= 0.3 is 0 Å². The third-order valence-corrected chi connectivity index (χ3v) is 8.64. The molecule has 0 unspecified atom stereocenters. The Hall–Kier alpha value is -2.63. The summed E-state index contributed by atoms with van der Waals surface area (Å²) in [6, 6.07) is 8.19. The van der Waals surface area contributed by atoms with E-state index in [1.807, 2.05) is 6.07 Å². The summed E-state index contributed by atoms with van der Waals surface area (Å²) in [5.74, 6) is 0.373. The summed E-state index contributed by atoms with van der Waals surface area (Å²) in [6.07, 6.45) is 0.342. The Morgan fingerprint density at radius 3 is 2.19 bits per heavy atom. The molecule has 0 atom stereocenters. The summed E-state index contributed by atoms with van der Waals surface area (Å²) in [5, 5.41) is 0. The molecule has 9 nitrogen and oxygen atoms in total. The molecule has 1 aliphatic rings. The zero-order chi connectivity index (χ0) is 23.7. The number of sulfonamides is 2. The summed E-state index contributed by atoms with van der Waals surface area (Å²) >= 11 is 0. The topological polar surface area (TPSA) is 119 Å². The predicted molar refractivity (Wildman–Crippen MR) is 120 cm³/mol. The minimum atomic E-state index is -3.86. The monoisotopic (exact) mass is 482 g/mol. The molecule has 3 rings (SSSR count). The first-order valence-electron chi connectivity index (χ1n) is 9.88. The van der Waals surface area contributed by atoms with Crippen LogP contribution in [0.2, 0.25) is 0 Å². The lowest BCUT2D eigenvalue weighted by Gasteiger charge is -2.19. The first kappa shape index (κ1) is 24.0. The largest absolute Gasteiger partial charge is 0.493 e. The van der Waals surface area contributed by atoms with Crippen LogP contribution in [-0.4, -0.2) is 49.3 Å². The van der Waals surface area contributed by atoms with Crippen LogP contribution in [0.25, 0.3) is 0 Å². The van der Waals surface area contributed by atoms with Crippen LogP contribution in [0.5, 0.6) is 11.5 Å². The Morgan fingerprint density at radius 2 is 1.66 bits per heavy atom.